The summed E-state index contributed by atoms with van der Waals surface area (Å²) < 4.78 is 0. The zero-order chi connectivity index (χ0) is 12.2. The molecule has 1 aromatic heterocycles. The van der Waals surface area contributed by atoms with Gasteiger partial charge in [0.1, 0.15) is 5.82 Å². The first-order valence-electron chi connectivity index (χ1n) is 7.16. The molecule has 4 nitrogen and oxygen atoms in total. The Kier molecular flexibility index (Phi) is 3.74. The minimum atomic E-state index is 0.771. The second-order valence-electron chi connectivity index (χ2n) is 5.56. The Hall–Kier alpha value is -1.16. The number of nitrogens with one attached hydrogen (secondary N) is 1. The molecule has 1 aliphatic carbocycles. The van der Waals surface area contributed by atoms with E-state index in [1.54, 1.807) is 18.6 Å². The lowest BCUT2D eigenvalue weighted by Crippen LogP contribution is -2.31. The predicted octanol–water partition coefficient (Wildman–Crippen LogP) is 2.15. The van der Waals surface area contributed by atoms with E-state index in [-0.39, 0.29) is 0 Å². The van der Waals surface area contributed by atoms with Gasteiger partial charge in [0.15, 0.2) is 0 Å². The molecule has 18 heavy (non-hydrogen) atoms. The number of hydrogen-bond acceptors (Lipinski definition) is 4. The third kappa shape index (κ3) is 2.80. The number of rotatable bonds is 4. The van der Waals surface area contributed by atoms with Crippen molar-refractivity contribution in [3.05, 3.63) is 18.6 Å². The molecule has 0 bridgehead atoms. The Bertz CT molecular complexity index is 361. The lowest BCUT2D eigenvalue weighted by molar-refractivity contribution is 0.238. The molecule has 2 aliphatic rings. The first kappa shape index (κ1) is 11.9. The highest BCUT2D eigenvalue weighted by atomic mass is 15.2. The maximum absolute atomic E-state index is 4.25. The fourth-order valence-corrected chi connectivity index (χ4v) is 3.27. The van der Waals surface area contributed by atoms with Crippen molar-refractivity contribution in [2.45, 2.75) is 38.1 Å². The molecule has 1 saturated heterocycles. The normalized spacial score (nSPS) is 25.7. The number of nitrogens with zero attached hydrogens (tertiary/aromatic N) is 3. The summed E-state index contributed by atoms with van der Waals surface area (Å²) in [5, 5.41) is 3.40. The summed E-state index contributed by atoms with van der Waals surface area (Å²) in [6, 6.07) is 0.881. The van der Waals surface area contributed by atoms with E-state index in [9.17, 15) is 0 Å². The van der Waals surface area contributed by atoms with Crippen LogP contribution in [0, 0.1) is 5.92 Å². The van der Waals surface area contributed by atoms with E-state index in [1.807, 2.05) is 0 Å². The van der Waals surface area contributed by atoms with E-state index in [2.05, 4.69) is 20.2 Å². The molecule has 0 spiro atoms. The number of aromatic nitrogens is 2. The molecule has 1 saturated carbocycles. The summed E-state index contributed by atoms with van der Waals surface area (Å²) in [4.78, 5) is 11.0. The molecule has 0 unspecified atom stereocenters. The van der Waals surface area contributed by atoms with Gasteiger partial charge in [0.05, 0.1) is 6.20 Å². The molecule has 1 atom stereocenters. The maximum atomic E-state index is 4.25. The van der Waals surface area contributed by atoms with Crippen LogP contribution in [0.15, 0.2) is 18.6 Å². The van der Waals surface area contributed by atoms with Crippen LogP contribution in [0.5, 0.6) is 0 Å². The van der Waals surface area contributed by atoms with Crippen molar-refractivity contribution in [1.29, 1.82) is 0 Å². The van der Waals surface area contributed by atoms with E-state index < -0.39 is 0 Å². The van der Waals surface area contributed by atoms with Crippen LogP contribution in [-0.2, 0) is 0 Å². The van der Waals surface area contributed by atoms with Crippen LogP contribution in [0.3, 0.4) is 0 Å². The third-order valence-corrected chi connectivity index (χ3v) is 4.29. The molecule has 1 aliphatic heterocycles. The zero-order valence-corrected chi connectivity index (χ0v) is 10.9. The Morgan fingerprint density at radius 1 is 1.22 bits per heavy atom. The van der Waals surface area contributed by atoms with Gasteiger partial charge in [0.2, 0.25) is 0 Å². The second kappa shape index (κ2) is 5.65. The van der Waals surface area contributed by atoms with Crippen LogP contribution in [-0.4, -0.2) is 40.5 Å². The van der Waals surface area contributed by atoms with Gasteiger partial charge in [0, 0.05) is 31.5 Å². The molecule has 1 aromatic rings. The van der Waals surface area contributed by atoms with Crippen LogP contribution in [0.2, 0.25) is 0 Å². The molecular formula is C14H22N4. The Labute approximate surface area is 109 Å². The summed E-state index contributed by atoms with van der Waals surface area (Å²) in [5.41, 5.74) is 0. The van der Waals surface area contributed by atoms with Crippen molar-refractivity contribution >= 4 is 5.82 Å². The summed E-state index contributed by atoms with van der Waals surface area (Å²) in [5.74, 6) is 1.67. The molecule has 2 fully saturated rings. The van der Waals surface area contributed by atoms with Crippen LogP contribution in [0.4, 0.5) is 5.82 Å². The quantitative estimate of drug-likeness (QED) is 0.884. The van der Waals surface area contributed by atoms with Gasteiger partial charge in [-0.1, -0.05) is 12.8 Å². The summed E-state index contributed by atoms with van der Waals surface area (Å²) in [7, 11) is 0. The van der Waals surface area contributed by atoms with Gasteiger partial charge < -0.3 is 10.2 Å². The predicted molar refractivity (Wildman–Crippen MR) is 72.5 cm³/mol. The van der Waals surface area contributed by atoms with Crippen LogP contribution < -0.4 is 5.32 Å². The van der Waals surface area contributed by atoms with Crippen molar-refractivity contribution in [1.82, 2.24) is 14.9 Å². The summed E-state index contributed by atoms with van der Waals surface area (Å²) in [6.45, 7) is 3.58. The number of hydrogen-bond donors (Lipinski definition) is 1. The van der Waals surface area contributed by atoms with Crippen LogP contribution in [0.1, 0.15) is 32.1 Å². The largest absolute Gasteiger partial charge is 0.368 e. The molecule has 4 heteroatoms. The van der Waals surface area contributed by atoms with E-state index in [0.717, 1.165) is 24.3 Å². The fraction of sp³-hybridized carbons (Fsp3) is 0.714. The van der Waals surface area contributed by atoms with Crippen molar-refractivity contribution in [3.8, 4) is 0 Å². The van der Waals surface area contributed by atoms with E-state index >= 15 is 0 Å². The summed E-state index contributed by atoms with van der Waals surface area (Å²) >= 11 is 0. The van der Waals surface area contributed by atoms with Gasteiger partial charge in [-0.15, -0.1) is 0 Å². The fourth-order valence-electron chi connectivity index (χ4n) is 3.27. The van der Waals surface area contributed by atoms with Gasteiger partial charge in [0.25, 0.3) is 0 Å². The molecule has 3 rings (SSSR count). The van der Waals surface area contributed by atoms with Gasteiger partial charge in [-0.2, -0.15) is 0 Å². The van der Waals surface area contributed by atoms with Gasteiger partial charge in [-0.25, -0.2) is 4.98 Å². The van der Waals surface area contributed by atoms with Crippen LogP contribution >= 0.6 is 0 Å². The van der Waals surface area contributed by atoms with Gasteiger partial charge in [-0.05, 0) is 31.7 Å². The second-order valence-corrected chi connectivity index (χ2v) is 5.56. The lowest BCUT2D eigenvalue weighted by atomic mass is 10.1. The highest BCUT2D eigenvalue weighted by Gasteiger charge is 2.29. The SMILES string of the molecule is c1cnc(NC[C@H]2CCN(C3CCCC3)C2)cn1. The van der Waals surface area contributed by atoms with E-state index in [4.69, 9.17) is 0 Å². The topological polar surface area (TPSA) is 41.1 Å². The number of likely N-dealkylation sites (tertiary alicyclic amines) is 1. The van der Waals surface area contributed by atoms with Crippen LogP contribution in [0.25, 0.3) is 0 Å². The monoisotopic (exact) mass is 246 g/mol. The molecule has 2 heterocycles. The van der Waals surface area contributed by atoms with E-state index in [1.165, 1.54) is 45.2 Å². The molecule has 0 radical (unpaired) electrons. The minimum absolute atomic E-state index is 0.771. The van der Waals surface area contributed by atoms with E-state index in [0.29, 0.717) is 0 Å². The van der Waals surface area contributed by atoms with Crippen molar-refractivity contribution < 1.29 is 0 Å². The lowest BCUT2D eigenvalue weighted by Gasteiger charge is -2.23. The highest BCUT2D eigenvalue weighted by Crippen LogP contribution is 2.28. The molecular weight excluding hydrogens is 224 g/mol. The Morgan fingerprint density at radius 2 is 2.11 bits per heavy atom. The maximum Gasteiger partial charge on any atom is 0.144 e. The van der Waals surface area contributed by atoms with Gasteiger partial charge >= 0.3 is 0 Å². The minimum Gasteiger partial charge on any atom is -0.368 e. The zero-order valence-electron chi connectivity index (χ0n) is 10.9. The first-order valence-corrected chi connectivity index (χ1v) is 7.16. The third-order valence-electron chi connectivity index (χ3n) is 4.29. The Morgan fingerprint density at radius 3 is 2.89 bits per heavy atom. The average Bonchev–Trinajstić information content (AvgIpc) is 3.08. The van der Waals surface area contributed by atoms with Crippen molar-refractivity contribution in [2.75, 3.05) is 25.0 Å². The number of anilines is 1. The Balaban J connectivity index is 1.45. The first-order chi connectivity index (χ1) is 8.92. The van der Waals surface area contributed by atoms with Crippen molar-refractivity contribution in [3.63, 3.8) is 0 Å². The molecule has 0 aromatic carbocycles. The standard InChI is InChI=1S/C14H22N4/c1-2-4-13(3-1)18-8-5-12(11-18)9-17-14-10-15-6-7-16-14/h6-7,10,12-13H,1-5,8-9,11H2,(H,16,17)/t12-/m1/s1. The molecule has 98 valence electrons. The summed E-state index contributed by atoms with van der Waals surface area (Å²) in [6.07, 6.45) is 12.3. The highest BCUT2D eigenvalue weighted by molar-refractivity contribution is 5.29. The van der Waals surface area contributed by atoms with Crippen molar-refractivity contribution in [2.24, 2.45) is 5.92 Å². The molecule has 1 N–H and O–H groups in total. The van der Waals surface area contributed by atoms with Gasteiger partial charge in [-0.3, -0.25) is 4.98 Å². The average molecular weight is 246 g/mol. The smallest absolute Gasteiger partial charge is 0.144 e. The molecule has 0 amide bonds.